The van der Waals surface area contributed by atoms with Gasteiger partial charge in [-0.15, -0.1) is 0 Å². The van der Waals surface area contributed by atoms with Gasteiger partial charge < -0.3 is 4.90 Å². The molecule has 0 aliphatic heterocycles. The quantitative estimate of drug-likeness (QED) is 0.838. The van der Waals surface area contributed by atoms with E-state index in [9.17, 15) is 0 Å². The van der Waals surface area contributed by atoms with Gasteiger partial charge in [0.15, 0.2) is 0 Å². The summed E-state index contributed by atoms with van der Waals surface area (Å²) in [4.78, 5) is 15.7. The second kappa shape index (κ2) is 6.66. The molecule has 4 heteroatoms. The second-order valence-corrected chi connectivity index (χ2v) is 6.04. The molecule has 0 radical (unpaired) electrons. The number of pyridine rings is 1. The third kappa shape index (κ3) is 4.00. The molecule has 21 heavy (non-hydrogen) atoms. The van der Waals surface area contributed by atoms with Crippen molar-refractivity contribution in [2.75, 3.05) is 11.9 Å². The molecule has 0 unspecified atom stereocenters. The Bertz CT molecular complexity index is 552. The van der Waals surface area contributed by atoms with Gasteiger partial charge in [0.1, 0.15) is 11.6 Å². The van der Waals surface area contributed by atoms with Gasteiger partial charge in [-0.05, 0) is 17.5 Å². The van der Waals surface area contributed by atoms with Crippen LogP contribution in [0.1, 0.15) is 56.6 Å². The smallest absolute Gasteiger partial charge is 0.133 e. The highest BCUT2D eigenvalue weighted by Crippen LogP contribution is 2.22. The highest BCUT2D eigenvalue weighted by molar-refractivity contribution is 5.40. The van der Waals surface area contributed by atoms with Crippen molar-refractivity contribution < 1.29 is 0 Å². The molecule has 2 heterocycles. The first kappa shape index (κ1) is 15.4. The zero-order chi connectivity index (χ0) is 15.4. The monoisotopic (exact) mass is 284 g/mol. The Morgan fingerprint density at radius 1 is 1.10 bits per heavy atom. The van der Waals surface area contributed by atoms with Crippen LogP contribution in [-0.4, -0.2) is 22.0 Å². The number of hydrogen-bond donors (Lipinski definition) is 0. The molecule has 4 nitrogen and oxygen atoms in total. The molecule has 2 aromatic rings. The number of nitrogens with zero attached hydrogens (tertiary/aromatic N) is 4. The lowest BCUT2D eigenvalue weighted by molar-refractivity contribution is 0.721. The first-order valence-electron chi connectivity index (χ1n) is 7.46. The molecule has 0 saturated heterocycles. The summed E-state index contributed by atoms with van der Waals surface area (Å²) >= 11 is 0. The fourth-order valence-electron chi connectivity index (χ4n) is 2.07. The molecule has 112 valence electrons. The summed E-state index contributed by atoms with van der Waals surface area (Å²) in [7, 11) is 2.06. The molecule has 0 fully saturated rings. The molecule has 0 bridgehead atoms. The zero-order valence-corrected chi connectivity index (χ0v) is 13.5. The van der Waals surface area contributed by atoms with Crippen LogP contribution in [0, 0.1) is 0 Å². The van der Waals surface area contributed by atoms with E-state index in [1.807, 2.05) is 12.3 Å². The Morgan fingerprint density at radius 3 is 2.43 bits per heavy atom. The van der Waals surface area contributed by atoms with Crippen LogP contribution in [0.25, 0.3) is 0 Å². The van der Waals surface area contributed by atoms with E-state index >= 15 is 0 Å². The van der Waals surface area contributed by atoms with Crippen molar-refractivity contribution in [2.45, 2.75) is 46.1 Å². The summed E-state index contributed by atoms with van der Waals surface area (Å²) in [6.07, 6.45) is 3.69. The van der Waals surface area contributed by atoms with E-state index in [1.54, 1.807) is 6.20 Å². The van der Waals surface area contributed by atoms with Gasteiger partial charge in [0.25, 0.3) is 0 Å². The summed E-state index contributed by atoms with van der Waals surface area (Å²) in [5, 5.41) is 0. The molecule has 0 saturated carbocycles. The number of anilines is 1. The minimum absolute atomic E-state index is 0.328. The number of aromatic nitrogens is 3. The van der Waals surface area contributed by atoms with Gasteiger partial charge >= 0.3 is 0 Å². The van der Waals surface area contributed by atoms with E-state index in [-0.39, 0.29) is 0 Å². The molecule has 0 amide bonds. The maximum Gasteiger partial charge on any atom is 0.133 e. The van der Waals surface area contributed by atoms with Crippen molar-refractivity contribution >= 4 is 5.82 Å². The van der Waals surface area contributed by atoms with Crippen molar-refractivity contribution in [2.24, 2.45) is 0 Å². The Hall–Kier alpha value is -1.97. The second-order valence-electron chi connectivity index (χ2n) is 6.04. The van der Waals surface area contributed by atoms with E-state index in [0.717, 1.165) is 23.9 Å². The molecule has 0 aromatic carbocycles. The molecule has 2 rings (SSSR count). The number of rotatable bonds is 5. The molecule has 0 atom stereocenters. The molecule has 0 aliphatic carbocycles. The summed E-state index contributed by atoms with van der Waals surface area (Å²) in [5.74, 6) is 2.61. The van der Waals surface area contributed by atoms with Crippen LogP contribution in [0.15, 0.2) is 30.6 Å². The van der Waals surface area contributed by atoms with Gasteiger partial charge in [0.2, 0.25) is 0 Å². The normalized spacial score (nSPS) is 11.2. The van der Waals surface area contributed by atoms with E-state index in [1.165, 1.54) is 5.56 Å². The SMILES string of the molecule is CC(C)c1cc(N(C)Cc2cccnc2)nc(C(C)C)n1. The maximum atomic E-state index is 4.71. The molecule has 2 aromatic heterocycles. The molecule has 0 spiro atoms. The summed E-state index contributed by atoms with van der Waals surface area (Å²) in [5.41, 5.74) is 2.28. The summed E-state index contributed by atoms with van der Waals surface area (Å²) in [6.45, 7) is 9.38. The van der Waals surface area contributed by atoms with Crippen LogP contribution in [0.3, 0.4) is 0 Å². The average molecular weight is 284 g/mol. The Kier molecular flexibility index (Phi) is 4.89. The Morgan fingerprint density at radius 2 is 1.86 bits per heavy atom. The lowest BCUT2D eigenvalue weighted by Crippen LogP contribution is -2.19. The van der Waals surface area contributed by atoms with Gasteiger partial charge in [-0.2, -0.15) is 0 Å². The lowest BCUT2D eigenvalue weighted by atomic mass is 10.1. The van der Waals surface area contributed by atoms with E-state index < -0.39 is 0 Å². The molecular formula is C17H24N4. The van der Waals surface area contributed by atoms with Crippen LogP contribution in [0.4, 0.5) is 5.82 Å². The molecular weight excluding hydrogens is 260 g/mol. The largest absolute Gasteiger partial charge is 0.355 e. The highest BCUT2D eigenvalue weighted by atomic mass is 15.2. The van der Waals surface area contributed by atoms with E-state index in [0.29, 0.717) is 11.8 Å². The Labute approximate surface area is 127 Å². The average Bonchev–Trinajstić information content (AvgIpc) is 2.47. The van der Waals surface area contributed by atoms with Crippen LogP contribution in [-0.2, 0) is 6.54 Å². The predicted molar refractivity (Wildman–Crippen MR) is 86.6 cm³/mol. The predicted octanol–water partition coefficient (Wildman–Crippen LogP) is 3.75. The van der Waals surface area contributed by atoms with Crippen LogP contribution in [0.5, 0.6) is 0 Å². The third-order valence-corrected chi connectivity index (χ3v) is 3.39. The van der Waals surface area contributed by atoms with Crippen molar-refractivity contribution in [3.8, 4) is 0 Å². The fraction of sp³-hybridized carbons (Fsp3) is 0.471. The van der Waals surface area contributed by atoms with Gasteiger partial charge in [-0.3, -0.25) is 4.98 Å². The minimum atomic E-state index is 0.328. The third-order valence-electron chi connectivity index (χ3n) is 3.39. The van der Waals surface area contributed by atoms with Gasteiger partial charge in [0, 0.05) is 43.7 Å². The highest BCUT2D eigenvalue weighted by Gasteiger charge is 2.13. The summed E-state index contributed by atoms with van der Waals surface area (Å²) in [6, 6.07) is 6.13. The van der Waals surface area contributed by atoms with Crippen LogP contribution < -0.4 is 4.90 Å². The first-order valence-corrected chi connectivity index (χ1v) is 7.46. The van der Waals surface area contributed by atoms with Crippen molar-refractivity contribution in [1.29, 1.82) is 0 Å². The fourth-order valence-corrected chi connectivity index (χ4v) is 2.07. The maximum absolute atomic E-state index is 4.71. The topological polar surface area (TPSA) is 41.9 Å². The van der Waals surface area contributed by atoms with Gasteiger partial charge in [-0.25, -0.2) is 9.97 Å². The molecule has 0 N–H and O–H groups in total. The summed E-state index contributed by atoms with van der Waals surface area (Å²) < 4.78 is 0. The molecule has 0 aliphatic rings. The lowest BCUT2D eigenvalue weighted by Gasteiger charge is -2.21. The Balaban J connectivity index is 2.29. The number of hydrogen-bond acceptors (Lipinski definition) is 4. The van der Waals surface area contributed by atoms with E-state index in [4.69, 9.17) is 4.98 Å². The zero-order valence-electron chi connectivity index (χ0n) is 13.5. The first-order chi connectivity index (χ1) is 9.97. The van der Waals surface area contributed by atoms with Crippen molar-refractivity contribution in [3.63, 3.8) is 0 Å². The standard InChI is InChI=1S/C17H24N4/c1-12(2)15-9-16(20-17(19-15)13(3)4)21(5)11-14-7-6-8-18-10-14/h6-10,12-13H,11H2,1-5H3. The van der Waals surface area contributed by atoms with Crippen LogP contribution in [0.2, 0.25) is 0 Å². The van der Waals surface area contributed by atoms with Crippen LogP contribution >= 0.6 is 0 Å². The van der Waals surface area contributed by atoms with Gasteiger partial charge in [-0.1, -0.05) is 33.8 Å². The van der Waals surface area contributed by atoms with E-state index in [2.05, 4.69) is 61.7 Å². The van der Waals surface area contributed by atoms with Gasteiger partial charge in [0.05, 0.1) is 0 Å². The van der Waals surface area contributed by atoms with Crippen molar-refractivity contribution in [1.82, 2.24) is 15.0 Å². The minimum Gasteiger partial charge on any atom is -0.355 e. The van der Waals surface area contributed by atoms with Crippen molar-refractivity contribution in [3.05, 3.63) is 47.7 Å².